The number of ketones is 1. The molecule has 1 amide bonds. The summed E-state index contributed by atoms with van der Waals surface area (Å²) in [7, 11) is 0. The zero-order valence-corrected chi connectivity index (χ0v) is 13.0. The Bertz CT molecular complexity index is 755. The number of aliphatic hydroxyl groups excluding tert-OH is 2. The largest absolute Gasteiger partial charge is 0.508 e. The van der Waals surface area contributed by atoms with Crippen LogP contribution in [0.5, 0.6) is 11.5 Å². The van der Waals surface area contributed by atoms with Crippen molar-refractivity contribution in [1.82, 2.24) is 5.32 Å². The lowest BCUT2D eigenvalue weighted by atomic mass is 9.93. The predicted octanol–water partition coefficient (Wildman–Crippen LogP) is -0.924. The molecule has 0 bridgehead atoms. The van der Waals surface area contributed by atoms with Crippen LogP contribution < -0.4 is 5.32 Å². The minimum atomic E-state index is -1.48. The van der Waals surface area contributed by atoms with Gasteiger partial charge in [-0.25, -0.2) is 0 Å². The van der Waals surface area contributed by atoms with E-state index in [-0.39, 0.29) is 24.1 Å². The molecule has 0 heterocycles. The summed E-state index contributed by atoms with van der Waals surface area (Å²) in [5.41, 5.74) is 0.0802. The van der Waals surface area contributed by atoms with Gasteiger partial charge in [0.2, 0.25) is 0 Å². The molecule has 0 saturated carbocycles. The van der Waals surface area contributed by atoms with E-state index in [1.807, 2.05) is 0 Å². The Morgan fingerprint density at radius 3 is 2.44 bits per heavy atom. The fourth-order valence-electron chi connectivity index (χ4n) is 2.43. The first kappa shape index (κ1) is 18.4. The van der Waals surface area contributed by atoms with E-state index in [4.69, 9.17) is 5.11 Å². The number of hydrogen-bond donors (Lipinski definition) is 6. The number of aromatic hydroxyl groups is 2. The van der Waals surface area contributed by atoms with Gasteiger partial charge in [0, 0.05) is 12.1 Å². The van der Waals surface area contributed by atoms with Crippen LogP contribution in [0.25, 0.3) is 0 Å². The third kappa shape index (κ3) is 4.34. The van der Waals surface area contributed by atoms with Crippen LogP contribution in [-0.2, 0) is 16.0 Å². The highest BCUT2D eigenvalue weighted by Gasteiger charge is 2.28. The molecule has 0 fully saturated rings. The van der Waals surface area contributed by atoms with Crippen molar-refractivity contribution in [2.75, 3.05) is 6.54 Å². The molecular weight excluding hydrogens is 334 g/mol. The second-order valence-corrected chi connectivity index (χ2v) is 5.67. The van der Waals surface area contributed by atoms with Gasteiger partial charge in [-0.15, -0.1) is 0 Å². The van der Waals surface area contributed by atoms with Crippen LogP contribution in [0.3, 0.4) is 0 Å². The van der Waals surface area contributed by atoms with E-state index in [9.17, 15) is 34.8 Å². The Morgan fingerprint density at radius 1 is 1.16 bits per heavy atom. The molecule has 1 aromatic carbocycles. The molecule has 9 heteroatoms. The number of carboxylic acids is 1. The van der Waals surface area contributed by atoms with Crippen molar-refractivity contribution < 1.29 is 39.9 Å². The molecular formula is C16H17NO8. The van der Waals surface area contributed by atoms with Crippen LogP contribution >= 0.6 is 0 Å². The van der Waals surface area contributed by atoms with Gasteiger partial charge in [0.05, 0.1) is 18.1 Å². The maximum Gasteiger partial charge on any atom is 0.307 e. The summed E-state index contributed by atoms with van der Waals surface area (Å²) in [6.07, 6.45) is -2.12. The van der Waals surface area contributed by atoms with Crippen LogP contribution in [0.1, 0.15) is 22.3 Å². The Balaban J connectivity index is 2.09. The molecule has 25 heavy (non-hydrogen) atoms. The number of carbonyl (C=O) groups excluding carboxylic acids is 2. The van der Waals surface area contributed by atoms with E-state index in [1.165, 1.54) is 0 Å². The number of benzene rings is 1. The third-order valence-electron chi connectivity index (χ3n) is 3.73. The molecule has 1 aliphatic carbocycles. The number of carbonyl (C=O) groups is 3. The number of carboxylic acid groups (broad SMARTS) is 1. The molecule has 6 N–H and O–H groups in total. The van der Waals surface area contributed by atoms with Crippen LogP contribution in [0.2, 0.25) is 0 Å². The summed E-state index contributed by atoms with van der Waals surface area (Å²) in [6, 6.07) is 1.93. The van der Waals surface area contributed by atoms with Gasteiger partial charge in [-0.3, -0.25) is 14.4 Å². The number of hydrogen-bond acceptors (Lipinski definition) is 7. The van der Waals surface area contributed by atoms with Crippen LogP contribution in [0.4, 0.5) is 0 Å². The molecule has 134 valence electrons. The van der Waals surface area contributed by atoms with Gasteiger partial charge in [-0.2, -0.15) is 0 Å². The number of aliphatic hydroxyl groups is 2. The molecule has 1 aliphatic rings. The number of phenols is 2. The topological polar surface area (TPSA) is 164 Å². The molecule has 2 unspecified atom stereocenters. The molecule has 0 spiro atoms. The molecule has 2 atom stereocenters. The first-order chi connectivity index (χ1) is 11.7. The molecule has 0 saturated heterocycles. The van der Waals surface area contributed by atoms with Gasteiger partial charge >= 0.3 is 5.97 Å². The van der Waals surface area contributed by atoms with Crippen LogP contribution in [-0.4, -0.2) is 61.9 Å². The third-order valence-corrected chi connectivity index (χ3v) is 3.73. The lowest BCUT2D eigenvalue weighted by molar-refractivity contribution is -0.136. The normalized spacial score (nSPS) is 20.1. The second kappa shape index (κ2) is 7.32. The number of aliphatic carboxylic acids is 1. The predicted molar refractivity (Wildman–Crippen MR) is 83.2 cm³/mol. The van der Waals surface area contributed by atoms with Crippen molar-refractivity contribution in [2.24, 2.45) is 0 Å². The van der Waals surface area contributed by atoms with E-state index < -0.39 is 47.8 Å². The summed E-state index contributed by atoms with van der Waals surface area (Å²) < 4.78 is 0. The first-order valence-electron chi connectivity index (χ1n) is 7.33. The minimum Gasteiger partial charge on any atom is -0.508 e. The Kier molecular flexibility index (Phi) is 5.40. The summed E-state index contributed by atoms with van der Waals surface area (Å²) >= 11 is 0. The highest BCUT2D eigenvalue weighted by atomic mass is 16.4. The monoisotopic (exact) mass is 351 g/mol. The van der Waals surface area contributed by atoms with Gasteiger partial charge in [0.25, 0.3) is 5.91 Å². The van der Waals surface area contributed by atoms with Gasteiger partial charge < -0.3 is 30.8 Å². The van der Waals surface area contributed by atoms with Crippen molar-refractivity contribution in [3.63, 3.8) is 0 Å². The maximum atomic E-state index is 12.1. The standard InChI is InChI=1S/C16H17NO8/c18-10-5-9(11(19)3-8(10)4-14(22)23)16(25)17-6-7-1-12(20)15(24)13(21)2-7/h1,3,5,13,15,18-19,21,24H,2,4,6H2,(H,17,25)(H,22,23). The second-order valence-electron chi connectivity index (χ2n) is 5.67. The Labute approximate surface area is 141 Å². The molecule has 0 aliphatic heterocycles. The van der Waals surface area contributed by atoms with Crippen LogP contribution in [0.15, 0.2) is 23.8 Å². The van der Waals surface area contributed by atoms with Crippen LogP contribution in [0, 0.1) is 0 Å². The van der Waals surface area contributed by atoms with Gasteiger partial charge in [-0.05, 0) is 30.2 Å². The number of phenolic OH excluding ortho intramolecular Hbond substituents is 2. The number of rotatable bonds is 5. The van der Waals surface area contributed by atoms with E-state index in [2.05, 4.69) is 5.32 Å². The quantitative estimate of drug-likeness (QED) is 0.371. The maximum absolute atomic E-state index is 12.1. The lowest BCUT2D eigenvalue weighted by Crippen LogP contribution is -2.38. The van der Waals surface area contributed by atoms with E-state index in [0.29, 0.717) is 5.57 Å². The molecule has 0 radical (unpaired) electrons. The summed E-state index contributed by atoms with van der Waals surface area (Å²) in [5.74, 6) is -3.58. The lowest BCUT2D eigenvalue weighted by Gasteiger charge is -2.22. The molecule has 9 nitrogen and oxygen atoms in total. The SMILES string of the molecule is O=C(O)Cc1cc(O)c(C(=O)NCC2=CC(=O)C(O)C(O)C2)cc1O. The molecule has 2 rings (SSSR count). The van der Waals surface area contributed by atoms with Gasteiger partial charge in [0.1, 0.15) is 17.6 Å². The van der Waals surface area contributed by atoms with E-state index >= 15 is 0 Å². The Morgan fingerprint density at radius 2 is 1.84 bits per heavy atom. The fraction of sp³-hybridized carbons (Fsp3) is 0.312. The molecule has 0 aromatic heterocycles. The molecule has 1 aromatic rings. The van der Waals surface area contributed by atoms with E-state index in [1.54, 1.807) is 0 Å². The average molecular weight is 351 g/mol. The minimum absolute atomic E-state index is 0.00195. The van der Waals surface area contributed by atoms with Crippen molar-refractivity contribution in [1.29, 1.82) is 0 Å². The van der Waals surface area contributed by atoms with E-state index in [0.717, 1.165) is 18.2 Å². The van der Waals surface area contributed by atoms with Crippen molar-refractivity contribution in [3.8, 4) is 11.5 Å². The average Bonchev–Trinajstić information content (AvgIpc) is 2.52. The number of nitrogens with one attached hydrogen (secondary N) is 1. The zero-order valence-electron chi connectivity index (χ0n) is 13.0. The van der Waals surface area contributed by atoms with Gasteiger partial charge in [-0.1, -0.05) is 0 Å². The highest BCUT2D eigenvalue weighted by Crippen LogP contribution is 2.28. The fourth-order valence-corrected chi connectivity index (χ4v) is 2.43. The van der Waals surface area contributed by atoms with Crippen molar-refractivity contribution in [2.45, 2.75) is 25.0 Å². The zero-order chi connectivity index (χ0) is 18.7. The smallest absolute Gasteiger partial charge is 0.307 e. The summed E-state index contributed by atoms with van der Waals surface area (Å²) in [5, 5.41) is 49.6. The Hall–Kier alpha value is -2.91. The summed E-state index contributed by atoms with van der Waals surface area (Å²) in [6.45, 7) is -0.106. The number of amides is 1. The van der Waals surface area contributed by atoms with Crippen molar-refractivity contribution >= 4 is 17.7 Å². The highest BCUT2D eigenvalue weighted by molar-refractivity contribution is 5.98. The van der Waals surface area contributed by atoms with Crippen molar-refractivity contribution in [3.05, 3.63) is 34.9 Å². The first-order valence-corrected chi connectivity index (χ1v) is 7.33. The van der Waals surface area contributed by atoms with Gasteiger partial charge in [0.15, 0.2) is 5.78 Å². The summed E-state index contributed by atoms with van der Waals surface area (Å²) in [4.78, 5) is 34.2.